The lowest BCUT2D eigenvalue weighted by Gasteiger charge is -2.04. The molecule has 1 heterocycles. The van der Waals surface area contributed by atoms with Crippen LogP contribution in [-0.2, 0) is 4.74 Å². The van der Waals surface area contributed by atoms with Crippen molar-refractivity contribution in [3.63, 3.8) is 0 Å². The molecule has 0 saturated heterocycles. The maximum atomic E-state index is 12.3. The lowest BCUT2D eigenvalue weighted by Crippen LogP contribution is -2.14. The normalized spacial score (nSPS) is 10.9. The van der Waals surface area contributed by atoms with Gasteiger partial charge in [-0.2, -0.15) is 5.10 Å². The molecule has 0 radical (unpaired) electrons. The number of carbonyl (C=O) groups is 2. The van der Waals surface area contributed by atoms with Gasteiger partial charge in [0.2, 0.25) is 0 Å². The first kappa shape index (κ1) is 15.1. The van der Waals surface area contributed by atoms with Crippen LogP contribution in [0.2, 0.25) is 0 Å². The molecule has 0 atom stereocenters. The van der Waals surface area contributed by atoms with Crippen molar-refractivity contribution in [2.24, 2.45) is 0 Å². The summed E-state index contributed by atoms with van der Waals surface area (Å²) in [5.41, 5.74) is 1.44. The minimum atomic E-state index is -0.619. The van der Waals surface area contributed by atoms with E-state index in [1.54, 1.807) is 18.2 Å². The Balaban J connectivity index is 1.50. The number of benzene rings is 3. The second-order valence-electron chi connectivity index (χ2n) is 5.68. The fraction of sp³-hybridized carbons (Fsp3) is 0.0500. The van der Waals surface area contributed by atoms with E-state index in [2.05, 4.69) is 10.2 Å². The van der Waals surface area contributed by atoms with Gasteiger partial charge in [-0.05, 0) is 22.9 Å². The molecule has 1 N–H and O–H groups in total. The lowest BCUT2D eigenvalue weighted by molar-refractivity contribution is 0.0471. The third kappa shape index (κ3) is 2.87. The van der Waals surface area contributed by atoms with Gasteiger partial charge in [0.05, 0.1) is 5.52 Å². The third-order valence-corrected chi connectivity index (χ3v) is 4.07. The Bertz CT molecular complexity index is 1100. The highest BCUT2D eigenvalue weighted by atomic mass is 16.5. The highest BCUT2D eigenvalue weighted by molar-refractivity contribution is 6.04. The van der Waals surface area contributed by atoms with Crippen molar-refractivity contribution in [1.82, 2.24) is 10.2 Å². The first-order chi connectivity index (χ1) is 12.2. The number of nitrogens with zero attached hydrogens (tertiary/aromatic N) is 1. The Labute approximate surface area is 143 Å². The van der Waals surface area contributed by atoms with Crippen molar-refractivity contribution >= 4 is 33.4 Å². The van der Waals surface area contributed by atoms with Gasteiger partial charge >= 0.3 is 5.97 Å². The van der Waals surface area contributed by atoms with Gasteiger partial charge in [-0.1, -0.05) is 54.6 Å². The van der Waals surface area contributed by atoms with Crippen LogP contribution >= 0.6 is 0 Å². The fourth-order valence-electron chi connectivity index (χ4n) is 2.76. The van der Waals surface area contributed by atoms with Crippen LogP contribution < -0.4 is 0 Å². The summed E-state index contributed by atoms with van der Waals surface area (Å²) in [6, 6.07) is 20.5. The zero-order valence-electron chi connectivity index (χ0n) is 13.2. The van der Waals surface area contributed by atoms with Crippen LogP contribution in [0.4, 0.5) is 0 Å². The number of Topliss-reactive ketones (excluding diaryl/α,β-unsaturated/α-hetero) is 1. The number of H-pyrrole nitrogens is 1. The predicted molar refractivity (Wildman–Crippen MR) is 94.7 cm³/mol. The van der Waals surface area contributed by atoms with Crippen LogP contribution in [0.3, 0.4) is 0 Å². The number of aromatic nitrogens is 2. The van der Waals surface area contributed by atoms with Crippen LogP contribution in [0.1, 0.15) is 20.8 Å². The molecule has 0 unspecified atom stereocenters. The molecule has 1 aromatic heterocycles. The number of rotatable bonds is 4. The monoisotopic (exact) mass is 330 g/mol. The average molecular weight is 330 g/mol. The van der Waals surface area contributed by atoms with Crippen molar-refractivity contribution < 1.29 is 14.3 Å². The van der Waals surface area contributed by atoms with E-state index < -0.39 is 5.97 Å². The van der Waals surface area contributed by atoms with Crippen molar-refractivity contribution in [2.45, 2.75) is 0 Å². The number of para-hydroxylation sites is 1. The van der Waals surface area contributed by atoms with E-state index in [1.807, 2.05) is 48.5 Å². The van der Waals surface area contributed by atoms with Gasteiger partial charge in [0.1, 0.15) is 0 Å². The Morgan fingerprint density at radius 1 is 0.920 bits per heavy atom. The minimum Gasteiger partial charge on any atom is -0.452 e. The smallest absolute Gasteiger partial charge is 0.359 e. The van der Waals surface area contributed by atoms with Gasteiger partial charge < -0.3 is 4.74 Å². The van der Waals surface area contributed by atoms with Crippen LogP contribution in [0.5, 0.6) is 0 Å². The standard InChI is InChI=1S/C20H14N2O3/c23-18(15-10-9-13-5-1-2-6-14(13)11-15)12-25-20(24)19-16-7-3-4-8-17(16)21-22-19/h1-11H,12H2,(H,21,22). The number of nitrogens with one attached hydrogen (secondary N) is 1. The van der Waals surface area contributed by atoms with Gasteiger partial charge in [-0.15, -0.1) is 0 Å². The van der Waals surface area contributed by atoms with Crippen LogP contribution in [0, 0.1) is 0 Å². The van der Waals surface area contributed by atoms with Crippen molar-refractivity contribution in [3.8, 4) is 0 Å². The molecule has 0 fully saturated rings. The first-order valence-electron chi connectivity index (χ1n) is 7.84. The number of carbonyl (C=O) groups excluding carboxylic acids is 2. The molecule has 0 bridgehead atoms. The number of ether oxygens (including phenoxy) is 1. The van der Waals surface area contributed by atoms with E-state index in [4.69, 9.17) is 4.74 Å². The van der Waals surface area contributed by atoms with Gasteiger partial charge in [-0.3, -0.25) is 9.89 Å². The predicted octanol–water partition coefficient (Wildman–Crippen LogP) is 3.76. The lowest BCUT2D eigenvalue weighted by atomic mass is 10.0. The third-order valence-electron chi connectivity index (χ3n) is 4.07. The Morgan fingerprint density at radius 3 is 2.56 bits per heavy atom. The van der Waals surface area contributed by atoms with Gasteiger partial charge in [-0.25, -0.2) is 4.79 Å². The molecule has 5 heteroatoms. The van der Waals surface area contributed by atoms with E-state index in [9.17, 15) is 9.59 Å². The molecule has 0 aliphatic carbocycles. The molecule has 122 valence electrons. The number of aromatic amines is 1. The Kier molecular flexibility index (Phi) is 3.74. The summed E-state index contributed by atoms with van der Waals surface area (Å²) >= 11 is 0. The molecule has 0 aliphatic heterocycles. The fourth-order valence-corrected chi connectivity index (χ4v) is 2.76. The number of fused-ring (bicyclic) bond motifs is 2. The SMILES string of the molecule is O=C(COC(=O)c1n[nH]c2ccccc12)c1ccc2ccccc2c1. The van der Waals surface area contributed by atoms with Crippen LogP contribution in [-0.4, -0.2) is 28.6 Å². The largest absolute Gasteiger partial charge is 0.452 e. The Morgan fingerprint density at radius 2 is 1.68 bits per heavy atom. The number of hydrogen-bond acceptors (Lipinski definition) is 4. The highest BCUT2D eigenvalue weighted by Crippen LogP contribution is 2.18. The summed E-state index contributed by atoms with van der Waals surface area (Å²) in [6.45, 7) is -0.321. The van der Waals surface area contributed by atoms with Crippen molar-refractivity contribution in [3.05, 3.63) is 78.0 Å². The van der Waals surface area contributed by atoms with Crippen LogP contribution in [0.25, 0.3) is 21.7 Å². The number of ketones is 1. The first-order valence-corrected chi connectivity index (χ1v) is 7.84. The molecule has 5 nitrogen and oxygen atoms in total. The molecule has 0 aliphatic rings. The molecular formula is C20H14N2O3. The molecule has 0 amide bonds. The van der Waals surface area contributed by atoms with Crippen LogP contribution in [0.15, 0.2) is 66.7 Å². The van der Waals surface area contributed by atoms with Gasteiger partial charge in [0.25, 0.3) is 0 Å². The summed E-state index contributed by atoms with van der Waals surface area (Å²) in [7, 11) is 0. The maximum absolute atomic E-state index is 12.3. The summed E-state index contributed by atoms with van der Waals surface area (Å²) < 4.78 is 5.15. The van der Waals surface area contributed by atoms with E-state index in [1.165, 1.54) is 0 Å². The summed E-state index contributed by atoms with van der Waals surface area (Å²) in [5, 5.41) is 9.45. The maximum Gasteiger partial charge on any atom is 0.359 e. The molecule has 25 heavy (non-hydrogen) atoms. The average Bonchev–Trinajstić information content (AvgIpc) is 3.09. The number of hydrogen-bond donors (Lipinski definition) is 1. The summed E-state index contributed by atoms with van der Waals surface area (Å²) in [6.07, 6.45) is 0. The second kappa shape index (κ2) is 6.20. The topological polar surface area (TPSA) is 72.1 Å². The van der Waals surface area contributed by atoms with E-state index in [-0.39, 0.29) is 18.1 Å². The highest BCUT2D eigenvalue weighted by Gasteiger charge is 2.17. The van der Waals surface area contributed by atoms with E-state index >= 15 is 0 Å². The number of esters is 1. The zero-order valence-corrected chi connectivity index (χ0v) is 13.2. The van der Waals surface area contributed by atoms with E-state index in [0.717, 1.165) is 16.3 Å². The molecule has 4 aromatic rings. The second-order valence-corrected chi connectivity index (χ2v) is 5.68. The zero-order chi connectivity index (χ0) is 17.2. The minimum absolute atomic E-state index is 0.182. The molecule has 0 spiro atoms. The van der Waals surface area contributed by atoms with E-state index in [0.29, 0.717) is 10.9 Å². The van der Waals surface area contributed by atoms with Gasteiger partial charge in [0.15, 0.2) is 18.1 Å². The summed E-state index contributed by atoms with van der Waals surface area (Å²) in [5.74, 6) is -0.870. The molecule has 4 rings (SSSR count). The molecule has 0 saturated carbocycles. The van der Waals surface area contributed by atoms with Crippen molar-refractivity contribution in [1.29, 1.82) is 0 Å². The Hall–Kier alpha value is -3.47. The van der Waals surface area contributed by atoms with Crippen molar-refractivity contribution in [2.75, 3.05) is 6.61 Å². The molecule has 3 aromatic carbocycles. The quantitative estimate of drug-likeness (QED) is 0.457. The van der Waals surface area contributed by atoms with Gasteiger partial charge in [0, 0.05) is 10.9 Å². The molecular weight excluding hydrogens is 316 g/mol. The summed E-state index contributed by atoms with van der Waals surface area (Å²) in [4.78, 5) is 24.5.